The van der Waals surface area contributed by atoms with Gasteiger partial charge in [0.2, 0.25) is 0 Å². The molecule has 4 heteroatoms. The molecule has 4 saturated carbocycles. The van der Waals surface area contributed by atoms with Crippen LogP contribution < -0.4 is 4.46 Å². The van der Waals surface area contributed by atoms with Crippen LogP contribution in [-0.2, 0) is 9.63 Å². The molecule has 4 aliphatic carbocycles. The minimum absolute atomic E-state index is 0.00956. The molecule has 0 saturated heterocycles. The van der Waals surface area contributed by atoms with Crippen molar-refractivity contribution in [3.05, 3.63) is 66.2 Å². The van der Waals surface area contributed by atoms with E-state index in [0.29, 0.717) is 0 Å². The maximum absolute atomic E-state index is 13.2. The van der Waals surface area contributed by atoms with E-state index in [2.05, 4.69) is 17.3 Å². The molecule has 2 aromatic rings. The monoisotopic (exact) mass is 439 g/mol. The van der Waals surface area contributed by atoms with E-state index >= 15 is 0 Å². The van der Waals surface area contributed by atoms with E-state index in [9.17, 15) is 4.79 Å². The van der Waals surface area contributed by atoms with Crippen molar-refractivity contribution in [3.8, 4) is 0 Å². The van der Waals surface area contributed by atoms with Gasteiger partial charge in [-0.15, -0.1) is 0 Å². The molecule has 4 fully saturated rings. The van der Waals surface area contributed by atoms with Gasteiger partial charge < -0.3 is 0 Å². The molecular formula is C24H25NO2Se. The van der Waals surface area contributed by atoms with Crippen LogP contribution in [0.1, 0.15) is 44.1 Å². The Labute approximate surface area is 172 Å². The summed E-state index contributed by atoms with van der Waals surface area (Å²) in [7, 11) is 0. The molecule has 0 aromatic heterocycles. The Morgan fingerprint density at radius 1 is 0.857 bits per heavy atom. The van der Waals surface area contributed by atoms with Gasteiger partial charge in [0.25, 0.3) is 0 Å². The molecule has 0 N–H and O–H groups in total. The summed E-state index contributed by atoms with van der Waals surface area (Å²) in [6.45, 7) is 0. The summed E-state index contributed by atoms with van der Waals surface area (Å²) in [5.41, 5.74) is 0.768. The number of hydrogen-bond donors (Lipinski definition) is 0. The first-order valence-corrected chi connectivity index (χ1v) is 12.0. The topological polar surface area (TPSA) is 38.7 Å². The molecule has 6 rings (SSSR count). The Hall–Kier alpha value is -1.90. The number of carbonyl (C=O) groups excluding carboxylic acids is 1. The van der Waals surface area contributed by atoms with Gasteiger partial charge >= 0.3 is 173 Å². The molecule has 0 heterocycles. The predicted octanol–water partition coefficient (Wildman–Crippen LogP) is 4.14. The van der Waals surface area contributed by atoms with Gasteiger partial charge in [0.1, 0.15) is 0 Å². The number of oxime groups is 1. The second-order valence-electron chi connectivity index (χ2n) is 8.75. The van der Waals surface area contributed by atoms with Gasteiger partial charge in [-0.1, -0.05) is 0 Å². The van der Waals surface area contributed by atoms with Crippen LogP contribution in [0.25, 0.3) is 0 Å². The van der Waals surface area contributed by atoms with E-state index in [1.54, 1.807) is 0 Å². The van der Waals surface area contributed by atoms with Gasteiger partial charge in [-0.05, 0) is 0 Å². The summed E-state index contributed by atoms with van der Waals surface area (Å²) in [6, 6.07) is 20.4. The second kappa shape index (κ2) is 7.50. The van der Waals surface area contributed by atoms with E-state index in [1.165, 1.54) is 23.7 Å². The maximum atomic E-state index is 13.2. The quantitative estimate of drug-likeness (QED) is 0.305. The van der Waals surface area contributed by atoms with Crippen LogP contribution in [0.3, 0.4) is 0 Å². The summed E-state index contributed by atoms with van der Waals surface area (Å²) in [5.74, 6) is 2.10. The normalized spacial score (nSPS) is 31.0. The fourth-order valence-corrected chi connectivity index (χ4v) is 7.62. The van der Waals surface area contributed by atoms with Crippen molar-refractivity contribution < 1.29 is 9.63 Å². The Balaban J connectivity index is 1.38. The van der Waals surface area contributed by atoms with Gasteiger partial charge in [-0.25, -0.2) is 0 Å². The molecule has 0 unspecified atom stereocenters. The van der Waals surface area contributed by atoms with Crippen LogP contribution in [0.2, 0.25) is 0 Å². The summed E-state index contributed by atoms with van der Waals surface area (Å²) in [6.07, 6.45) is 7.00. The van der Waals surface area contributed by atoms with Crippen LogP contribution in [-0.4, -0.2) is 25.5 Å². The van der Waals surface area contributed by atoms with Crippen LogP contribution >= 0.6 is 0 Å². The van der Waals surface area contributed by atoms with Crippen LogP contribution in [0.4, 0.5) is 0 Å². The van der Waals surface area contributed by atoms with Crippen molar-refractivity contribution in [2.45, 2.75) is 38.5 Å². The molecule has 144 valence electrons. The van der Waals surface area contributed by atoms with Crippen LogP contribution in [0.15, 0.2) is 65.8 Å². The molecule has 0 spiro atoms. The number of hydrogen-bond acceptors (Lipinski definition) is 3. The molecule has 0 radical (unpaired) electrons. The summed E-state index contributed by atoms with van der Waals surface area (Å²) < 4.78 is 2.10. The van der Waals surface area contributed by atoms with Gasteiger partial charge in [0.15, 0.2) is 0 Å². The third kappa shape index (κ3) is 3.56. The average molecular weight is 438 g/mol. The van der Waals surface area contributed by atoms with Crippen molar-refractivity contribution in [1.29, 1.82) is 0 Å². The van der Waals surface area contributed by atoms with E-state index in [0.717, 1.165) is 47.2 Å². The Morgan fingerprint density at radius 3 is 1.96 bits per heavy atom. The Bertz CT molecular complexity index is 843. The predicted molar refractivity (Wildman–Crippen MR) is 112 cm³/mol. The number of rotatable bonds is 5. The van der Waals surface area contributed by atoms with E-state index in [-0.39, 0.29) is 26.3 Å². The van der Waals surface area contributed by atoms with Gasteiger partial charge in [-0.3, -0.25) is 0 Å². The third-order valence-electron chi connectivity index (χ3n) is 6.66. The first kappa shape index (κ1) is 18.1. The van der Waals surface area contributed by atoms with Gasteiger partial charge in [0, 0.05) is 0 Å². The third-order valence-corrected chi connectivity index (χ3v) is 8.78. The van der Waals surface area contributed by atoms with E-state index in [4.69, 9.17) is 4.84 Å². The number of benzene rings is 2. The molecule has 0 amide bonds. The Morgan fingerprint density at radius 2 is 1.39 bits per heavy atom. The molecule has 3 nitrogen and oxygen atoms in total. The fraction of sp³-hybridized carbons (Fsp3) is 0.417. The summed E-state index contributed by atoms with van der Waals surface area (Å²) >= 11 is -0.00956. The summed E-state index contributed by atoms with van der Waals surface area (Å²) in [4.78, 5) is 18.8. The summed E-state index contributed by atoms with van der Waals surface area (Å²) in [5, 5.41) is 4.44. The first-order valence-electron chi connectivity index (χ1n) is 10.3. The van der Waals surface area contributed by atoms with Crippen LogP contribution in [0, 0.1) is 23.2 Å². The molecule has 4 bridgehead atoms. The van der Waals surface area contributed by atoms with Crippen molar-refractivity contribution in [3.63, 3.8) is 0 Å². The molecule has 0 atom stereocenters. The molecule has 28 heavy (non-hydrogen) atoms. The molecule has 4 aliphatic rings. The SMILES string of the molecule is O=C(O/N=C(\[Se]c1ccccc1)c1ccccc1)C12CC3CC(CC(C3)C1)C2. The number of nitrogens with zero attached hydrogens (tertiary/aromatic N) is 1. The second-order valence-corrected chi connectivity index (χ2v) is 11.0. The molecular weight excluding hydrogens is 413 g/mol. The molecule has 2 aromatic carbocycles. The van der Waals surface area contributed by atoms with Crippen molar-refractivity contribution >= 4 is 30.0 Å². The Kier molecular flexibility index (Phi) is 4.86. The number of carbonyl (C=O) groups is 1. The molecule has 0 aliphatic heterocycles. The standard InChI is InChI=1S/C24H25NO2Se/c26-23(24-14-17-11-18(15-24)13-19(12-17)16-24)27-25-22(20-7-3-1-4-8-20)28-21-9-5-2-6-10-21/h1-10,17-19H,11-16H2/b25-22-. The van der Waals surface area contributed by atoms with Crippen molar-refractivity contribution in [2.24, 2.45) is 28.3 Å². The average Bonchev–Trinajstić information content (AvgIpc) is 2.71. The zero-order valence-electron chi connectivity index (χ0n) is 15.9. The zero-order valence-corrected chi connectivity index (χ0v) is 17.6. The van der Waals surface area contributed by atoms with Crippen molar-refractivity contribution in [2.75, 3.05) is 0 Å². The van der Waals surface area contributed by atoms with Crippen LogP contribution in [0.5, 0.6) is 0 Å². The fourth-order valence-electron chi connectivity index (χ4n) is 5.85. The minimum atomic E-state index is -0.264. The van der Waals surface area contributed by atoms with E-state index < -0.39 is 0 Å². The van der Waals surface area contributed by atoms with E-state index in [1.807, 2.05) is 48.5 Å². The van der Waals surface area contributed by atoms with Crippen molar-refractivity contribution in [1.82, 2.24) is 0 Å². The zero-order chi connectivity index (χ0) is 19.0. The van der Waals surface area contributed by atoms with Gasteiger partial charge in [-0.2, -0.15) is 0 Å². The first-order chi connectivity index (χ1) is 13.7. The van der Waals surface area contributed by atoms with Gasteiger partial charge in [0.05, 0.1) is 0 Å².